The highest BCUT2D eigenvalue weighted by molar-refractivity contribution is 7.99. The van der Waals surface area contributed by atoms with Crippen molar-refractivity contribution in [1.82, 2.24) is 0 Å². The minimum atomic E-state index is 0.861. The van der Waals surface area contributed by atoms with Crippen LogP contribution in [0.15, 0.2) is 35.7 Å². The molecule has 16 heavy (non-hydrogen) atoms. The number of allylic oxidation sites excluding steroid dienone is 1. The van der Waals surface area contributed by atoms with Gasteiger partial charge in [0, 0.05) is 10.6 Å². The number of unbranched alkanes of at least 4 members (excludes halogenated alkanes) is 3. The van der Waals surface area contributed by atoms with Crippen molar-refractivity contribution in [3.05, 3.63) is 36.4 Å². The fourth-order valence-electron chi connectivity index (χ4n) is 1.52. The molecule has 0 aromatic heterocycles. The number of rotatable bonds is 7. The highest BCUT2D eigenvalue weighted by Crippen LogP contribution is 2.25. The van der Waals surface area contributed by atoms with Gasteiger partial charge in [0.15, 0.2) is 0 Å². The molecule has 0 aliphatic heterocycles. The van der Waals surface area contributed by atoms with E-state index in [4.69, 9.17) is 5.73 Å². The van der Waals surface area contributed by atoms with E-state index >= 15 is 0 Å². The zero-order chi connectivity index (χ0) is 11.8. The smallest absolute Gasteiger partial charge is 0.0325 e. The highest BCUT2D eigenvalue weighted by atomic mass is 32.2. The molecule has 0 saturated carbocycles. The topological polar surface area (TPSA) is 26.0 Å². The second-order valence-electron chi connectivity index (χ2n) is 4.01. The molecule has 2 heteroatoms. The predicted octanol–water partition coefficient (Wildman–Crippen LogP) is 4.42. The first-order chi connectivity index (χ1) is 7.74. The van der Waals surface area contributed by atoms with E-state index in [0.717, 1.165) is 12.1 Å². The maximum Gasteiger partial charge on any atom is 0.0325 e. The van der Waals surface area contributed by atoms with Crippen LogP contribution in [0.4, 0.5) is 5.69 Å². The van der Waals surface area contributed by atoms with Crippen LogP contribution in [0.25, 0.3) is 0 Å². The molecule has 0 radical (unpaired) electrons. The molecule has 1 aromatic rings. The van der Waals surface area contributed by atoms with Crippen molar-refractivity contribution in [3.63, 3.8) is 0 Å². The van der Waals surface area contributed by atoms with Gasteiger partial charge in [0.05, 0.1) is 0 Å². The number of nitrogen functional groups attached to an aromatic ring is 1. The van der Waals surface area contributed by atoms with Gasteiger partial charge < -0.3 is 5.73 Å². The van der Waals surface area contributed by atoms with E-state index in [2.05, 4.69) is 25.6 Å². The monoisotopic (exact) mass is 235 g/mol. The Morgan fingerprint density at radius 2 is 2.12 bits per heavy atom. The van der Waals surface area contributed by atoms with Gasteiger partial charge in [0.1, 0.15) is 0 Å². The molecule has 0 bridgehead atoms. The van der Waals surface area contributed by atoms with Crippen molar-refractivity contribution in [3.8, 4) is 0 Å². The zero-order valence-electron chi connectivity index (χ0n) is 10.0. The van der Waals surface area contributed by atoms with Gasteiger partial charge in [-0.2, -0.15) is 0 Å². The van der Waals surface area contributed by atoms with Gasteiger partial charge in [-0.05, 0) is 49.6 Å². The van der Waals surface area contributed by atoms with E-state index in [9.17, 15) is 0 Å². The van der Waals surface area contributed by atoms with Crippen molar-refractivity contribution in [1.29, 1.82) is 0 Å². The van der Waals surface area contributed by atoms with Crippen LogP contribution in [-0.2, 0) is 0 Å². The summed E-state index contributed by atoms with van der Waals surface area (Å²) in [5, 5.41) is 0. The molecule has 0 aliphatic rings. The van der Waals surface area contributed by atoms with E-state index in [1.165, 1.54) is 35.5 Å². The van der Waals surface area contributed by atoms with Crippen LogP contribution in [0.3, 0.4) is 0 Å². The number of benzene rings is 1. The Morgan fingerprint density at radius 3 is 2.88 bits per heavy atom. The van der Waals surface area contributed by atoms with Crippen molar-refractivity contribution in [2.45, 2.75) is 37.5 Å². The molecule has 0 saturated heterocycles. The molecule has 0 amide bonds. The van der Waals surface area contributed by atoms with Gasteiger partial charge in [0.2, 0.25) is 0 Å². The lowest BCUT2D eigenvalue weighted by atomic mass is 10.2. The zero-order valence-corrected chi connectivity index (χ0v) is 10.9. The van der Waals surface area contributed by atoms with Gasteiger partial charge in [-0.1, -0.05) is 18.6 Å². The summed E-state index contributed by atoms with van der Waals surface area (Å²) >= 11 is 1.91. The Balaban J connectivity index is 2.26. The Kier molecular flexibility index (Phi) is 6.09. The van der Waals surface area contributed by atoms with Gasteiger partial charge >= 0.3 is 0 Å². The first-order valence-corrected chi connectivity index (χ1v) is 6.82. The predicted molar refractivity (Wildman–Crippen MR) is 75.0 cm³/mol. The molecule has 0 spiro atoms. The Labute approximate surface area is 103 Å². The summed E-state index contributed by atoms with van der Waals surface area (Å²) in [6.07, 6.45) is 6.96. The summed E-state index contributed by atoms with van der Waals surface area (Å²) in [6, 6.07) is 6.13. The molecule has 0 aliphatic carbocycles. The van der Waals surface area contributed by atoms with Gasteiger partial charge in [-0.25, -0.2) is 0 Å². The molecule has 0 heterocycles. The highest BCUT2D eigenvalue weighted by Gasteiger charge is 1.99. The average Bonchev–Trinajstić information content (AvgIpc) is 2.28. The molecule has 0 unspecified atom stereocenters. The number of hydrogen-bond donors (Lipinski definition) is 1. The minimum absolute atomic E-state index is 0.861. The molecule has 88 valence electrons. The molecule has 1 rings (SSSR count). The third-order valence-electron chi connectivity index (χ3n) is 2.52. The van der Waals surface area contributed by atoms with Crippen LogP contribution in [0.2, 0.25) is 0 Å². The van der Waals surface area contributed by atoms with Gasteiger partial charge in [-0.15, -0.1) is 18.3 Å². The van der Waals surface area contributed by atoms with Crippen molar-refractivity contribution < 1.29 is 0 Å². The fourth-order valence-corrected chi connectivity index (χ4v) is 2.61. The molecule has 1 aromatic carbocycles. The summed E-state index contributed by atoms with van der Waals surface area (Å²) in [4.78, 5) is 1.32. The summed E-state index contributed by atoms with van der Waals surface area (Å²) < 4.78 is 0. The number of anilines is 1. The van der Waals surface area contributed by atoms with Crippen molar-refractivity contribution in [2.24, 2.45) is 0 Å². The second-order valence-corrected chi connectivity index (χ2v) is 5.15. The van der Waals surface area contributed by atoms with Gasteiger partial charge in [-0.3, -0.25) is 0 Å². The third kappa shape index (κ3) is 4.75. The summed E-state index contributed by atoms with van der Waals surface area (Å²) in [5.74, 6) is 1.18. The quantitative estimate of drug-likeness (QED) is 0.328. The van der Waals surface area contributed by atoms with E-state index < -0.39 is 0 Å². The number of hydrogen-bond acceptors (Lipinski definition) is 2. The molecule has 2 N–H and O–H groups in total. The van der Waals surface area contributed by atoms with Gasteiger partial charge in [0.25, 0.3) is 0 Å². The third-order valence-corrected chi connectivity index (χ3v) is 3.77. The molecule has 1 nitrogen and oxygen atoms in total. The Morgan fingerprint density at radius 1 is 1.31 bits per heavy atom. The van der Waals surface area contributed by atoms with Crippen LogP contribution in [0, 0.1) is 6.92 Å². The lowest BCUT2D eigenvalue weighted by Gasteiger charge is -2.06. The fraction of sp³-hybridized carbons (Fsp3) is 0.429. The van der Waals surface area contributed by atoms with Crippen LogP contribution in [0.1, 0.15) is 31.2 Å². The number of nitrogens with two attached hydrogens (primary N) is 1. The first-order valence-electron chi connectivity index (χ1n) is 5.84. The normalized spacial score (nSPS) is 10.3. The van der Waals surface area contributed by atoms with E-state index in [0.29, 0.717) is 0 Å². The second kappa shape index (κ2) is 7.39. The van der Waals surface area contributed by atoms with Crippen molar-refractivity contribution >= 4 is 17.4 Å². The lowest BCUT2D eigenvalue weighted by Crippen LogP contribution is -1.88. The Hall–Kier alpha value is -0.890. The SMILES string of the molecule is C=CCCCCCSc1cc(N)ccc1C. The van der Waals surface area contributed by atoms with Crippen LogP contribution in [0.5, 0.6) is 0 Å². The largest absolute Gasteiger partial charge is 0.399 e. The first kappa shape index (κ1) is 13.2. The Bertz CT molecular complexity index is 334. The van der Waals surface area contributed by atoms with E-state index in [1.54, 1.807) is 0 Å². The average molecular weight is 235 g/mol. The maximum absolute atomic E-state index is 5.77. The number of aryl methyl sites for hydroxylation is 1. The molecule has 0 atom stereocenters. The van der Waals surface area contributed by atoms with E-state index in [1.807, 2.05) is 23.9 Å². The minimum Gasteiger partial charge on any atom is -0.399 e. The summed E-state index contributed by atoms with van der Waals surface area (Å²) in [7, 11) is 0. The van der Waals surface area contributed by atoms with E-state index in [-0.39, 0.29) is 0 Å². The molecular weight excluding hydrogens is 214 g/mol. The maximum atomic E-state index is 5.77. The standard InChI is InChI=1S/C14H21NS/c1-3-4-5-6-7-10-16-14-11-13(15)9-8-12(14)2/h3,8-9,11H,1,4-7,10,15H2,2H3. The number of thioether (sulfide) groups is 1. The van der Waals surface area contributed by atoms with Crippen LogP contribution < -0.4 is 5.73 Å². The molecule has 0 fully saturated rings. The van der Waals surface area contributed by atoms with Crippen LogP contribution in [-0.4, -0.2) is 5.75 Å². The lowest BCUT2D eigenvalue weighted by molar-refractivity contribution is 0.735. The molecular formula is C14H21NS. The summed E-state index contributed by atoms with van der Waals surface area (Å²) in [5.41, 5.74) is 7.96. The van der Waals surface area contributed by atoms with Crippen molar-refractivity contribution in [2.75, 3.05) is 11.5 Å². The summed E-state index contributed by atoms with van der Waals surface area (Å²) in [6.45, 7) is 5.87. The van der Waals surface area contributed by atoms with Crippen LogP contribution >= 0.6 is 11.8 Å².